The van der Waals surface area contributed by atoms with E-state index in [4.69, 9.17) is 14.5 Å². The molecule has 0 spiro atoms. The molecule has 0 radical (unpaired) electrons. The number of anilines is 1. The lowest BCUT2D eigenvalue weighted by Gasteiger charge is -2.26. The maximum atomic E-state index is 12.8. The summed E-state index contributed by atoms with van der Waals surface area (Å²) in [6, 6.07) is 14.5. The summed E-state index contributed by atoms with van der Waals surface area (Å²) in [5.41, 5.74) is 3.71. The van der Waals surface area contributed by atoms with Crippen molar-refractivity contribution in [3.8, 4) is 5.75 Å². The van der Waals surface area contributed by atoms with Crippen LogP contribution in [0, 0.1) is 6.92 Å². The van der Waals surface area contributed by atoms with Gasteiger partial charge in [-0.2, -0.15) is 0 Å². The number of rotatable bonds is 8. The van der Waals surface area contributed by atoms with Crippen molar-refractivity contribution in [2.24, 2.45) is 4.99 Å². The molecule has 0 fully saturated rings. The topological polar surface area (TPSA) is 89.0 Å². The van der Waals surface area contributed by atoms with E-state index >= 15 is 0 Å². The van der Waals surface area contributed by atoms with E-state index in [9.17, 15) is 9.59 Å². The number of nitrogens with zero attached hydrogens (tertiary/aromatic N) is 1. The smallest absolute Gasteiger partial charge is 0.338 e. The summed E-state index contributed by atoms with van der Waals surface area (Å²) in [6.45, 7) is 8.23. The van der Waals surface area contributed by atoms with E-state index in [2.05, 4.69) is 10.6 Å². The monoisotopic (exact) mass is 467 g/mol. The Kier molecular flexibility index (Phi) is 8.54. The van der Waals surface area contributed by atoms with Gasteiger partial charge < -0.3 is 20.1 Å². The summed E-state index contributed by atoms with van der Waals surface area (Å²) < 4.78 is 11.1. The SMILES string of the molecule is CCOC(=O)C1=C(C)NC(SCC(=O)Nc2ccc(C)cc2)=N[C@H]1c1ccccc1OCC. The Morgan fingerprint density at radius 3 is 2.48 bits per heavy atom. The van der Waals surface area contributed by atoms with Crippen molar-refractivity contribution in [1.82, 2.24) is 5.32 Å². The molecule has 0 aliphatic carbocycles. The summed E-state index contributed by atoms with van der Waals surface area (Å²) >= 11 is 1.28. The van der Waals surface area contributed by atoms with Crippen LogP contribution < -0.4 is 15.4 Å². The zero-order chi connectivity index (χ0) is 23.8. The van der Waals surface area contributed by atoms with Gasteiger partial charge in [-0.15, -0.1) is 0 Å². The molecule has 174 valence electrons. The summed E-state index contributed by atoms with van der Waals surface area (Å²) in [7, 11) is 0. The fraction of sp³-hybridized carbons (Fsp3) is 0.320. The number of aliphatic imine (C=N–C) groups is 1. The summed E-state index contributed by atoms with van der Waals surface area (Å²) in [5.74, 6) is 0.259. The van der Waals surface area contributed by atoms with Gasteiger partial charge in [-0.3, -0.25) is 4.79 Å². The Morgan fingerprint density at radius 1 is 1.06 bits per heavy atom. The normalized spacial score (nSPS) is 15.4. The predicted molar refractivity (Wildman–Crippen MR) is 133 cm³/mol. The number of carbonyl (C=O) groups excluding carboxylic acids is 2. The maximum Gasteiger partial charge on any atom is 0.338 e. The first-order valence-corrected chi connectivity index (χ1v) is 11.8. The highest BCUT2D eigenvalue weighted by molar-refractivity contribution is 8.14. The third kappa shape index (κ3) is 6.38. The second kappa shape index (κ2) is 11.6. The Morgan fingerprint density at radius 2 is 1.79 bits per heavy atom. The molecule has 0 bridgehead atoms. The number of hydrogen-bond acceptors (Lipinski definition) is 7. The number of ether oxygens (including phenoxy) is 2. The number of allylic oxidation sites excluding steroid dienone is 1. The van der Waals surface area contributed by atoms with Crippen LogP contribution in [0.4, 0.5) is 5.69 Å². The van der Waals surface area contributed by atoms with Crippen LogP contribution in [0.2, 0.25) is 0 Å². The Bertz CT molecular complexity index is 1060. The number of para-hydroxylation sites is 1. The average Bonchev–Trinajstić information content (AvgIpc) is 2.79. The van der Waals surface area contributed by atoms with Gasteiger partial charge in [0.05, 0.1) is 24.5 Å². The van der Waals surface area contributed by atoms with E-state index in [1.807, 2.05) is 69.3 Å². The van der Waals surface area contributed by atoms with Gasteiger partial charge in [-0.05, 0) is 45.9 Å². The summed E-state index contributed by atoms with van der Waals surface area (Å²) in [4.78, 5) is 30.0. The first-order valence-electron chi connectivity index (χ1n) is 10.9. The lowest BCUT2D eigenvalue weighted by Crippen LogP contribution is -2.31. The minimum absolute atomic E-state index is 0.141. The van der Waals surface area contributed by atoms with Crippen LogP contribution in [0.25, 0.3) is 0 Å². The van der Waals surface area contributed by atoms with E-state index < -0.39 is 12.0 Å². The minimum atomic E-state index is -0.601. The number of nitrogens with one attached hydrogen (secondary N) is 2. The van der Waals surface area contributed by atoms with Crippen LogP contribution in [0.3, 0.4) is 0 Å². The molecule has 1 aliphatic rings. The highest BCUT2D eigenvalue weighted by Gasteiger charge is 2.32. The number of thioether (sulfide) groups is 1. The van der Waals surface area contributed by atoms with Gasteiger partial charge in [0, 0.05) is 16.9 Å². The average molecular weight is 468 g/mol. The molecule has 1 atom stereocenters. The second-order valence-corrected chi connectivity index (χ2v) is 8.36. The molecule has 0 aromatic heterocycles. The van der Waals surface area contributed by atoms with Gasteiger partial charge >= 0.3 is 5.97 Å². The van der Waals surface area contributed by atoms with E-state index in [0.717, 1.165) is 16.8 Å². The molecule has 2 N–H and O–H groups in total. The van der Waals surface area contributed by atoms with Crippen LogP contribution in [0.5, 0.6) is 5.75 Å². The molecule has 33 heavy (non-hydrogen) atoms. The Balaban J connectivity index is 1.81. The van der Waals surface area contributed by atoms with Crippen LogP contribution in [0.1, 0.15) is 37.9 Å². The van der Waals surface area contributed by atoms with Crippen molar-refractivity contribution in [2.75, 3.05) is 24.3 Å². The zero-order valence-electron chi connectivity index (χ0n) is 19.3. The number of esters is 1. The fourth-order valence-corrected chi connectivity index (χ4v) is 4.13. The molecule has 1 heterocycles. The van der Waals surface area contributed by atoms with Crippen molar-refractivity contribution >= 4 is 34.5 Å². The van der Waals surface area contributed by atoms with E-state index in [1.165, 1.54) is 11.8 Å². The largest absolute Gasteiger partial charge is 0.494 e. The van der Waals surface area contributed by atoms with Gasteiger partial charge in [0.25, 0.3) is 0 Å². The molecule has 7 nitrogen and oxygen atoms in total. The Hall–Kier alpha value is -3.26. The quantitative estimate of drug-likeness (QED) is 0.552. The predicted octanol–water partition coefficient (Wildman–Crippen LogP) is 4.60. The van der Waals surface area contributed by atoms with Crippen molar-refractivity contribution in [3.63, 3.8) is 0 Å². The number of carbonyl (C=O) groups is 2. The molecule has 3 rings (SSSR count). The van der Waals surface area contributed by atoms with Crippen molar-refractivity contribution in [3.05, 3.63) is 70.9 Å². The first-order chi connectivity index (χ1) is 15.9. The molecule has 0 saturated heterocycles. The van der Waals surface area contributed by atoms with Crippen LogP contribution in [-0.2, 0) is 14.3 Å². The molecule has 8 heteroatoms. The first kappa shape index (κ1) is 24.4. The molecule has 1 amide bonds. The fourth-order valence-electron chi connectivity index (χ4n) is 3.38. The van der Waals surface area contributed by atoms with E-state index in [-0.39, 0.29) is 18.3 Å². The van der Waals surface area contributed by atoms with Gasteiger partial charge in [-0.25, -0.2) is 9.79 Å². The molecular formula is C25H29N3O4S. The van der Waals surface area contributed by atoms with Gasteiger partial charge in [0.2, 0.25) is 5.91 Å². The summed E-state index contributed by atoms with van der Waals surface area (Å²) in [5, 5.41) is 6.59. The molecule has 1 aliphatic heterocycles. The molecule has 2 aromatic rings. The number of hydrogen-bond donors (Lipinski definition) is 2. The van der Waals surface area contributed by atoms with Crippen LogP contribution >= 0.6 is 11.8 Å². The third-order valence-electron chi connectivity index (χ3n) is 4.90. The highest BCUT2D eigenvalue weighted by atomic mass is 32.2. The van der Waals surface area contributed by atoms with E-state index in [0.29, 0.717) is 28.8 Å². The van der Waals surface area contributed by atoms with Crippen molar-refractivity contribution < 1.29 is 19.1 Å². The van der Waals surface area contributed by atoms with Crippen molar-refractivity contribution in [1.29, 1.82) is 0 Å². The van der Waals surface area contributed by atoms with Gasteiger partial charge in [0.15, 0.2) is 5.17 Å². The lowest BCUT2D eigenvalue weighted by atomic mass is 9.96. The number of amidine groups is 1. The molecular weight excluding hydrogens is 438 g/mol. The maximum absolute atomic E-state index is 12.8. The van der Waals surface area contributed by atoms with Gasteiger partial charge in [0.1, 0.15) is 11.8 Å². The highest BCUT2D eigenvalue weighted by Crippen LogP contribution is 2.37. The third-order valence-corrected chi connectivity index (χ3v) is 5.79. The lowest BCUT2D eigenvalue weighted by molar-refractivity contribution is -0.139. The minimum Gasteiger partial charge on any atom is -0.494 e. The van der Waals surface area contributed by atoms with Crippen LogP contribution in [-0.4, -0.2) is 36.0 Å². The van der Waals surface area contributed by atoms with Crippen LogP contribution in [0.15, 0.2) is 64.8 Å². The number of aryl methyl sites for hydroxylation is 1. The molecule has 0 saturated carbocycles. The molecule has 0 unspecified atom stereocenters. The zero-order valence-corrected chi connectivity index (χ0v) is 20.1. The van der Waals surface area contributed by atoms with E-state index in [1.54, 1.807) is 6.92 Å². The van der Waals surface area contributed by atoms with Crippen molar-refractivity contribution in [2.45, 2.75) is 33.7 Å². The van der Waals surface area contributed by atoms with Gasteiger partial charge in [-0.1, -0.05) is 47.7 Å². The molecule has 2 aromatic carbocycles. The summed E-state index contributed by atoms with van der Waals surface area (Å²) in [6.07, 6.45) is 0. The second-order valence-electron chi connectivity index (χ2n) is 7.39. The number of amides is 1. The number of benzene rings is 2. The standard InChI is InChI=1S/C25H29N3O4S/c1-5-31-20-10-8-7-9-19(20)23-22(24(30)32-6-2)17(4)26-25(28-23)33-15-21(29)27-18-13-11-16(3)12-14-18/h7-14,23H,5-6,15H2,1-4H3,(H,26,28)(H,27,29)/t23-/m0/s1. The Labute approximate surface area is 198 Å².